The lowest BCUT2D eigenvalue weighted by Gasteiger charge is -2.21. The van der Waals surface area contributed by atoms with E-state index in [-0.39, 0.29) is 11.8 Å². The van der Waals surface area contributed by atoms with Crippen molar-refractivity contribution < 1.29 is 9.53 Å². The first-order valence-corrected chi connectivity index (χ1v) is 6.97. The first kappa shape index (κ1) is 13.1. The van der Waals surface area contributed by atoms with Crippen molar-refractivity contribution in [3.8, 4) is 0 Å². The van der Waals surface area contributed by atoms with Gasteiger partial charge in [0.25, 0.3) is 0 Å². The molecule has 1 N–H and O–H groups in total. The normalized spacial score (nSPS) is 19.2. The lowest BCUT2D eigenvalue weighted by molar-refractivity contribution is -0.123. The first-order valence-electron chi connectivity index (χ1n) is 6.97. The third kappa shape index (κ3) is 2.41. The van der Waals surface area contributed by atoms with E-state index in [4.69, 9.17) is 4.74 Å². The number of amides is 1. The number of rotatable bonds is 2. The minimum Gasteiger partial charge on any atom is -0.381 e. The SMILES string of the molecule is Cc1c2ccc(NC(=O)[C@@H]3CCCOC3)cc2nn1C. The van der Waals surface area contributed by atoms with E-state index in [9.17, 15) is 4.79 Å². The molecular weight excluding hydrogens is 254 g/mol. The molecule has 0 radical (unpaired) electrons. The molecule has 1 aromatic heterocycles. The summed E-state index contributed by atoms with van der Waals surface area (Å²) in [5.74, 6) is 0.00150. The van der Waals surface area contributed by atoms with Crippen molar-refractivity contribution in [2.45, 2.75) is 19.8 Å². The Hall–Kier alpha value is -1.88. The Kier molecular flexibility index (Phi) is 3.44. The number of hydrogen-bond donors (Lipinski definition) is 1. The number of carbonyl (C=O) groups excluding carboxylic acids is 1. The number of aromatic nitrogens is 2. The van der Waals surface area contributed by atoms with Gasteiger partial charge in [-0.05, 0) is 38.0 Å². The summed E-state index contributed by atoms with van der Waals surface area (Å²) in [4.78, 5) is 12.2. The van der Waals surface area contributed by atoms with Gasteiger partial charge in [0.2, 0.25) is 5.91 Å². The zero-order chi connectivity index (χ0) is 14.1. The minimum absolute atomic E-state index is 0.0371. The molecule has 3 rings (SSSR count). The highest BCUT2D eigenvalue weighted by atomic mass is 16.5. The van der Waals surface area contributed by atoms with Gasteiger partial charge in [0, 0.05) is 30.4 Å². The van der Waals surface area contributed by atoms with Gasteiger partial charge >= 0.3 is 0 Å². The largest absolute Gasteiger partial charge is 0.381 e. The van der Waals surface area contributed by atoms with E-state index in [1.807, 2.05) is 36.9 Å². The third-order valence-corrected chi connectivity index (χ3v) is 3.93. The highest BCUT2D eigenvalue weighted by Crippen LogP contribution is 2.22. The molecule has 1 aliphatic heterocycles. The smallest absolute Gasteiger partial charge is 0.229 e. The molecule has 5 nitrogen and oxygen atoms in total. The molecule has 2 aromatic rings. The van der Waals surface area contributed by atoms with Crippen molar-refractivity contribution in [3.05, 3.63) is 23.9 Å². The Labute approximate surface area is 117 Å². The molecule has 5 heteroatoms. The average molecular weight is 273 g/mol. The molecule has 1 atom stereocenters. The van der Waals surface area contributed by atoms with E-state index in [1.54, 1.807) is 0 Å². The van der Waals surface area contributed by atoms with Crippen LogP contribution in [0.1, 0.15) is 18.5 Å². The van der Waals surface area contributed by atoms with Gasteiger partial charge in [0.1, 0.15) is 0 Å². The van der Waals surface area contributed by atoms with E-state index in [2.05, 4.69) is 10.4 Å². The molecule has 2 heterocycles. The molecular formula is C15H19N3O2. The predicted molar refractivity (Wildman–Crippen MR) is 77.6 cm³/mol. The monoisotopic (exact) mass is 273 g/mol. The molecule has 1 fully saturated rings. The van der Waals surface area contributed by atoms with Gasteiger partial charge in [-0.25, -0.2) is 0 Å². The number of aryl methyl sites for hydroxylation is 2. The van der Waals surface area contributed by atoms with Crippen LogP contribution in [-0.2, 0) is 16.6 Å². The summed E-state index contributed by atoms with van der Waals surface area (Å²) in [6, 6.07) is 5.85. The number of fused-ring (bicyclic) bond motifs is 1. The molecule has 106 valence electrons. The molecule has 20 heavy (non-hydrogen) atoms. The highest BCUT2D eigenvalue weighted by molar-refractivity contribution is 5.95. The average Bonchev–Trinajstić information content (AvgIpc) is 2.74. The van der Waals surface area contributed by atoms with Crippen LogP contribution in [0, 0.1) is 12.8 Å². The molecule has 1 saturated heterocycles. The van der Waals surface area contributed by atoms with E-state index >= 15 is 0 Å². The summed E-state index contributed by atoms with van der Waals surface area (Å²) < 4.78 is 7.21. The molecule has 0 unspecified atom stereocenters. The number of benzene rings is 1. The maximum absolute atomic E-state index is 12.2. The number of carbonyl (C=O) groups is 1. The number of nitrogens with one attached hydrogen (secondary N) is 1. The number of anilines is 1. The first-order chi connectivity index (χ1) is 9.65. The molecule has 0 aliphatic carbocycles. The Bertz CT molecular complexity index is 642. The van der Waals surface area contributed by atoms with Gasteiger partial charge in [-0.2, -0.15) is 5.10 Å². The van der Waals surface area contributed by atoms with Gasteiger partial charge in [-0.15, -0.1) is 0 Å². The van der Waals surface area contributed by atoms with Crippen LogP contribution >= 0.6 is 0 Å². The Morgan fingerprint density at radius 3 is 3.10 bits per heavy atom. The van der Waals surface area contributed by atoms with Gasteiger partial charge in [0.05, 0.1) is 18.0 Å². The zero-order valence-electron chi connectivity index (χ0n) is 11.8. The standard InChI is InChI=1S/C15H19N3O2/c1-10-13-6-5-12(8-14(13)17-18(10)2)16-15(19)11-4-3-7-20-9-11/h5-6,8,11H,3-4,7,9H2,1-2H3,(H,16,19)/t11-/m1/s1. The summed E-state index contributed by atoms with van der Waals surface area (Å²) in [5, 5.41) is 8.52. The van der Waals surface area contributed by atoms with Gasteiger partial charge < -0.3 is 10.1 Å². The molecule has 0 saturated carbocycles. The fourth-order valence-electron chi connectivity index (χ4n) is 2.60. The van der Waals surface area contributed by atoms with Crippen LogP contribution in [0.4, 0.5) is 5.69 Å². The van der Waals surface area contributed by atoms with E-state index < -0.39 is 0 Å². The van der Waals surface area contributed by atoms with Crippen LogP contribution in [0.15, 0.2) is 18.2 Å². The zero-order valence-corrected chi connectivity index (χ0v) is 11.8. The summed E-state index contributed by atoms with van der Waals surface area (Å²) in [5.41, 5.74) is 2.83. The maximum atomic E-state index is 12.2. The molecule has 1 aliphatic rings. The Morgan fingerprint density at radius 2 is 2.35 bits per heavy atom. The van der Waals surface area contributed by atoms with E-state index in [0.717, 1.165) is 41.7 Å². The topological polar surface area (TPSA) is 56.1 Å². The Morgan fingerprint density at radius 1 is 1.50 bits per heavy atom. The predicted octanol–water partition coefficient (Wildman–Crippen LogP) is 2.25. The minimum atomic E-state index is -0.0371. The number of nitrogens with zero attached hydrogens (tertiary/aromatic N) is 2. The maximum Gasteiger partial charge on any atom is 0.229 e. The van der Waals surface area contributed by atoms with Gasteiger partial charge in [0.15, 0.2) is 0 Å². The second-order valence-electron chi connectivity index (χ2n) is 5.34. The lowest BCUT2D eigenvalue weighted by atomic mass is 10.0. The van der Waals surface area contributed by atoms with Crippen LogP contribution in [0.5, 0.6) is 0 Å². The van der Waals surface area contributed by atoms with Crippen LogP contribution in [0.2, 0.25) is 0 Å². The highest BCUT2D eigenvalue weighted by Gasteiger charge is 2.21. The van der Waals surface area contributed by atoms with Crippen LogP contribution in [0.3, 0.4) is 0 Å². The molecule has 1 aromatic carbocycles. The van der Waals surface area contributed by atoms with Crippen molar-refractivity contribution in [2.75, 3.05) is 18.5 Å². The van der Waals surface area contributed by atoms with Gasteiger partial charge in [-0.1, -0.05) is 0 Å². The van der Waals surface area contributed by atoms with E-state index in [0.29, 0.717) is 6.61 Å². The van der Waals surface area contributed by atoms with Crippen molar-refractivity contribution in [2.24, 2.45) is 13.0 Å². The number of hydrogen-bond acceptors (Lipinski definition) is 3. The fraction of sp³-hybridized carbons (Fsp3) is 0.467. The van der Waals surface area contributed by atoms with Crippen molar-refractivity contribution >= 4 is 22.5 Å². The second kappa shape index (κ2) is 5.25. The van der Waals surface area contributed by atoms with Gasteiger partial charge in [-0.3, -0.25) is 9.48 Å². The molecule has 0 bridgehead atoms. The number of ether oxygens (including phenoxy) is 1. The summed E-state index contributed by atoms with van der Waals surface area (Å²) >= 11 is 0. The summed E-state index contributed by atoms with van der Waals surface area (Å²) in [7, 11) is 1.92. The summed E-state index contributed by atoms with van der Waals surface area (Å²) in [6.45, 7) is 3.33. The van der Waals surface area contributed by atoms with Crippen molar-refractivity contribution in [1.29, 1.82) is 0 Å². The second-order valence-corrected chi connectivity index (χ2v) is 5.34. The van der Waals surface area contributed by atoms with E-state index in [1.165, 1.54) is 0 Å². The van der Waals surface area contributed by atoms with Crippen LogP contribution in [0.25, 0.3) is 10.9 Å². The summed E-state index contributed by atoms with van der Waals surface area (Å²) in [6.07, 6.45) is 1.85. The van der Waals surface area contributed by atoms with Crippen LogP contribution < -0.4 is 5.32 Å². The fourth-order valence-corrected chi connectivity index (χ4v) is 2.60. The van der Waals surface area contributed by atoms with Crippen molar-refractivity contribution in [3.63, 3.8) is 0 Å². The van der Waals surface area contributed by atoms with Crippen molar-refractivity contribution in [1.82, 2.24) is 9.78 Å². The third-order valence-electron chi connectivity index (χ3n) is 3.93. The lowest BCUT2D eigenvalue weighted by Crippen LogP contribution is -2.30. The Balaban J connectivity index is 1.78. The quantitative estimate of drug-likeness (QED) is 0.913. The van der Waals surface area contributed by atoms with Crippen LogP contribution in [-0.4, -0.2) is 28.9 Å². The molecule has 0 spiro atoms. The molecule has 1 amide bonds.